The summed E-state index contributed by atoms with van der Waals surface area (Å²) in [6, 6.07) is 1.81. The van der Waals surface area contributed by atoms with Crippen LogP contribution in [0.25, 0.3) is 0 Å². The zero-order valence-electron chi connectivity index (χ0n) is 10.1. The Morgan fingerprint density at radius 1 is 1.10 bits per heavy atom. The molecule has 0 amide bonds. The maximum atomic E-state index is 5.80. The quantitative estimate of drug-likeness (QED) is 0.713. The molecule has 0 spiro atoms. The number of allylic oxidation sites excluding steroid dienone is 1. The van der Waals surface area contributed by atoms with Crippen LogP contribution < -0.4 is 5.32 Å². The molecule has 2 rings (SSSR count). The highest BCUT2D eigenvalue weighted by atomic mass is 35.6. The molecule has 1 aliphatic rings. The molecule has 21 heavy (non-hydrogen) atoms. The third kappa shape index (κ3) is 4.95. The molecule has 0 radical (unpaired) electrons. The molecule has 0 atom stereocenters. The number of alkyl halides is 6. The average molecular weight is 410 g/mol. The van der Waals surface area contributed by atoms with Crippen molar-refractivity contribution in [2.75, 3.05) is 0 Å². The first kappa shape index (κ1) is 17.3. The second kappa shape index (κ2) is 6.57. The van der Waals surface area contributed by atoms with Crippen molar-refractivity contribution in [3.8, 4) is 0 Å². The predicted molar refractivity (Wildman–Crippen MR) is 89.1 cm³/mol. The van der Waals surface area contributed by atoms with Crippen LogP contribution in [0.15, 0.2) is 44.9 Å². The van der Waals surface area contributed by atoms with Gasteiger partial charge in [-0.1, -0.05) is 69.6 Å². The second-order valence-corrected chi connectivity index (χ2v) is 8.50. The fourth-order valence-corrected chi connectivity index (χ4v) is 1.93. The first-order valence-corrected chi connectivity index (χ1v) is 7.73. The summed E-state index contributed by atoms with van der Waals surface area (Å²) in [6.07, 6.45) is 5.42. The van der Waals surface area contributed by atoms with Crippen LogP contribution in [0.5, 0.6) is 0 Å². The molecule has 114 valence electrons. The van der Waals surface area contributed by atoms with Crippen molar-refractivity contribution in [1.29, 1.82) is 0 Å². The number of rotatable bonds is 2. The Morgan fingerprint density at radius 3 is 2.33 bits per heavy atom. The zero-order valence-corrected chi connectivity index (χ0v) is 14.6. The monoisotopic (exact) mass is 407 g/mol. The molecule has 4 nitrogen and oxygen atoms in total. The molecule has 1 aromatic rings. The summed E-state index contributed by atoms with van der Waals surface area (Å²) in [4.78, 5) is 8.02. The van der Waals surface area contributed by atoms with Gasteiger partial charge in [0.1, 0.15) is 5.82 Å². The van der Waals surface area contributed by atoms with Gasteiger partial charge in [-0.05, 0) is 24.1 Å². The van der Waals surface area contributed by atoms with E-state index in [1.807, 2.05) is 6.07 Å². The van der Waals surface area contributed by atoms with Crippen molar-refractivity contribution >= 4 is 81.3 Å². The van der Waals surface area contributed by atoms with E-state index >= 15 is 0 Å². The van der Waals surface area contributed by atoms with Gasteiger partial charge in [0.2, 0.25) is 7.59 Å². The minimum absolute atomic E-state index is 0.00210. The standard InChI is InChI=1S/C11H7Cl6N3O/c12-10(13,14)8-18-7(2-1-6-3-4-21-5-6)19-9(20-8)11(15,16)17/h2-5H,1H2,(H,18,19,20). The fraction of sp³-hybridized carbons (Fsp3) is 0.273. The summed E-state index contributed by atoms with van der Waals surface area (Å²) >= 11 is 34.8. The van der Waals surface area contributed by atoms with Crippen LogP contribution >= 0.6 is 69.6 Å². The highest BCUT2D eigenvalue weighted by molar-refractivity contribution is 6.79. The summed E-state index contributed by atoms with van der Waals surface area (Å²) in [7, 11) is 0. The Bertz CT molecular complexity index is 594. The second-order valence-electron chi connectivity index (χ2n) is 3.94. The smallest absolute Gasteiger partial charge is 0.250 e. The van der Waals surface area contributed by atoms with Gasteiger partial charge in [0.25, 0.3) is 0 Å². The van der Waals surface area contributed by atoms with E-state index in [0.29, 0.717) is 12.2 Å². The molecule has 0 bridgehead atoms. The fourth-order valence-electron chi connectivity index (χ4n) is 1.40. The van der Waals surface area contributed by atoms with Gasteiger partial charge in [0.15, 0.2) is 11.7 Å². The van der Waals surface area contributed by atoms with Crippen LogP contribution in [0.1, 0.15) is 5.56 Å². The van der Waals surface area contributed by atoms with Gasteiger partial charge < -0.3 is 9.73 Å². The summed E-state index contributed by atoms with van der Waals surface area (Å²) in [5, 5.41) is 2.78. The van der Waals surface area contributed by atoms with Crippen molar-refractivity contribution in [2.24, 2.45) is 9.98 Å². The van der Waals surface area contributed by atoms with Gasteiger partial charge in [0.05, 0.1) is 12.5 Å². The number of hydrogen-bond donors (Lipinski definition) is 1. The largest absolute Gasteiger partial charge is 0.472 e. The van der Waals surface area contributed by atoms with E-state index in [1.54, 1.807) is 18.6 Å². The van der Waals surface area contributed by atoms with Crippen molar-refractivity contribution in [1.82, 2.24) is 5.32 Å². The first-order chi connectivity index (χ1) is 9.66. The van der Waals surface area contributed by atoms with Crippen LogP contribution in [0.3, 0.4) is 0 Å². The van der Waals surface area contributed by atoms with Gasteiger partial charge in [-0.2, -0.15) is 0 Å². The lowest BCUT2D eigenvalue weighted by molar-refractivity contribution is 0.564. The summed E-state index contributed by atoms with van der Waals surface area (Å²) in [5.74, 6) is 0.266. The molecule has 1 aromatic heterocycles. The number of nitrogens with one attached hydrogen (secondary N) is 1. The lowest BCUT2D eigenvalue weighted by atomic mass is 10.2. The molecule has 0 saturated carbocycles. The maximum absolute atomic E-state index is 5.80. The molecule has 0 unspecified atom stereocenters. The number of nitrogens with zero attached hydrogens (tertiary/aromatic N) is 2. The van der Waals surface area contributed by atoms with E-state index in [1.165, 1.54) is 0 Å². The molecular weight excluding hydrogens is 403 g/mol. The van der Waals surface area contributed by atoms with E-state index in [2.05, 4.69) is 15.3 Å². The van der Waals surface area contributed by atoms with Crippen molar-refractivity contribution in [2.45, 2.75) is 14.0 Å². The maximum Gasteiger partial charge on any atom is 0.250 e. The number of furan rings is 1. The Kier molecular flexibility index (Phi) is 5.40. The SMILES string of the molecule is ClC(Cl)(Cl)C1=NC(=CCc2ccoc2)NC(C(Cl)(Cl)Cl)=N1. The van der Waals surface area contributed by atoms with E-state index < -0.39 is 7.59 Å². The highest BCUT2D eigenvalue weighted by Gasteiger charge is 2.36. The van der Waals surface area contributed by atoms with Gasteiger partial charge in [-0.3, -0.25) is 0 Å². The Labute approximate surface area is 150 Å². The molecule has 0 fully saturated rings. The third-order valence-electron chi connectivity index (χ3n) is 2.32. The lowest BCUT2D eigenvalue weighted by Gasteiger charge is -2.23. The number of halogens is 6. The molecular formula is C11H7Cl6N3O. The first-order valence-electron chi connectivity index (χ1n) is 5.46. The Morgan fingerprint density at radius 2 is 1.81 bits per heavy atom. The van der Waals surface area contributed by atoms with Crippen LogP contribution in [0.4, 0.5) is 0 Å². The van der Waals surface area contributed by atoms with Crippen molar-refractivity contribution in [3.05, 3.63) is 36.1 Å². The molecule has 0 aromatic carbocycles. The number of amidine groups is 2. The third-order valence-corrected chi connectivity index (χ3v) is 3.37. The van der Waals surface area contributed by atoms with Gasteiger partial charge in [-0.25, -0.2) is 9.98 Å². The van der Waals surface area contributed by atoms with Crippen LogP contribution in [-0.2, 0) is 6.42 Å². The molecule has 0 saturated heterocycles. The summed E-state index contributed by atoms with van der Waals surface area (Å²) in [6.45, 7) is 0. The minimum atomic E-state index is -1.84. The van der Waals surface area contributed by atoms with Crippen LogP contribution in [0.2, 0.25) is 0 Å². The minimum Gasteiger partial charge on any atom is -0.472 e. The highest BCUT2D eigenvalue weighted by Crippen LogP contribution is 2.34. The van der Waals surface area contributed by atoms with E-state index in [9.17, 15) is 0 Å². The van der Waals surface area contributed by atoms with E-state index in [-0.39, 0.29) is 11.7 Å². The number of hydrogen-bond acceptors (Lipinski definition) is 4. The Hall–Kier alpha value is -0.100. The average Bonchev–Trinajstić information content (AvgIpc) is 2.87. The van der Waals surface area contributed by atoms with E-state index in [0.717, 1.165) is 5.56 Å². The normalized spacial score (nSPS) is 18.3. The van der Waals surface area contributed by atoms with E-state index in [4.69, 9.17) is 74.0 Å². The van der Waals surface area contributed by atoms with Gasteiger partial charge in [-0.15, -0.1) is 0 Å². The summed E-state index contributed by atoms with van der Waals surface area (Å²) < 4.78 is 1.33. The van der Waals surface area contributed by atoms with Gasteiger partial charge in [0, 0.05) is 0 Å². The molecule has 0 aliphatic carbocycles. The van der Waals surface area contributed by atoms with Crippen molar-refractivity contribution < 1.29 is 4.42 Å². The molecule has 2 heterocycles. The molecule has 1 aliphatic heterocycles. The zero-order chi connectivity index (χ0) is 15.7. The van der Waals surface area contributed by atoms with Gasteiger partial charge >= 0.3 is 0 Å². The van der Waals surface area contributed by atoms with Crippen LogP contribution in [-0.4, -0.2) is 19.3 Å². The van der Waals surface area contributed by atoms with Crippen molar-refractivity contribution in [3.63, 3.8) is 0 Å². The molecule has 10 heteroatoms. The Balaban J connectivity index is 2.29. The topological polar surface area (TPSA) is 49.9 Å². The number of aliphatic imine (C=N–C) groups is 2. The lowest BCUT2D eigenvalue weighted by Crippen LogP contribution is -2.39. The summed E-state index contributed by atoms with van der Waals surface area (Å²) in [5.41, 5.74) is 0.938. The predicted octanol–water partition coefficient (Wildman–Crippen LogP) is 4.80. The molecule has 1 N–H and O–H groups in total. The van der Waals surface area contributed by atoms with Crippen LogP contribution in [0, 0.1) is 0 Å².